The quantitative estimate of drug-likeness (QED) is 0.656. The Labute approximate surface area is 164 Å². The second kappa shape index (κ2) is 7.73. The summed E-state index contributed by atoms with van der Waals surface area (Å²) in [6.07, 6.45) is -3.46. The summed E-state index contributed by atoms with van der Waals surface area (Å²) in [5.74, 6) is -1.53. The molecule has 0 saturated carbocycles. The lowest BCUT2D eigenvalue weighted by Gasteiger charge is -2.31. The van der Waals surface area contributed by atoms with E-state index in [0.29, 0.717) is 25.1 Å². The number of hydrogen-bond donors (Lipinski definition) is 0. The van der Waals surface area contributed by atoms with Gasteiger partial charge in [0.25, 0.3) is 5.91 Å². The molecule has 1 aromatic heterocycles. The van der Waals surface area contributed by atoms with Crippen LogP contribution in [-0.2, 0) is 11.0 Å². The molecule has 152 valence electrons. The van der Waals surface area contributed by atoms with Gasteiger partial charge in [0.1, 0.15) is 5.75 Å². The fourth-order valence-electron chi connectivity index (χ4n) is 3.41. The number of nitrogens with zero attached hydrogens (tertiary/aromatic N) is 3. The van der Waals surface area contributed by atoms with Gasteiger partial charge in [0.05, 0.1) is 5.92 Å². The number of alkyl halides is 3. The highest BCUT2D eigenvalue weighted by Crippen LogP contribution is 2.32. The second-order valence-corrected chi connectivity index (χ2v) is 6.92. The first-order chi connectivity index (χ1) is 13.9. The van der Waals surface area contributed by atoms with Gasteiger partial charge in [-0.2, -0.15) is 13.2 Å². The minimum absolute atomic E-state index is 0.0923. The third-order valence-corrected chi connectivity index (χ3v) is 4.89. The van der Waals surface area contributed by atoms with Crippen LogP contribution in [0.15, 0.2) is 46.9 Å². The molecule has 0 radical (unpaired) electrons. The van der Waals surface area contributed by atoms with Gasteiger partial charge in [-0.15, -0.1) is 10.2 Å². The number of ether oxygens (including phenoxy) is 1. The summed E-state index contributed by atoms with van der Waals surface area (Å²) in [5, 5.41) is 8.66. The Morgan fingerprint density at radius 1 is 1.17 bits per heavy atom. The molecule has 1 atom stereocenters. The number of amides is 1. The van der Waals surface area contributed by atoms with Crippen LogP contribution in [0, 0.1) is 0 Å². The molecule has 29 heavy (non-hydrogen) atoms. The van der Waals surface area contributed by atoms with Crippen molar-refractivity contribution in [1.29, 1.82) is 0 Å². The number of fused-ring (bicyclic) bond motifs is 1. The number of hydrogen-bond acceptors (Lipinski definition) is 5. The number of carbonyl (C=O) groups excluding carboxylic acids is 1. The third-order valence-electron chi connectivity index (χ3n) is 4.89. The molecule has 1 amide bonds. The maximum Gasteiger partial charge on any atom is 0.470 e. The van der Waals surface area contributed by atoms with Crippen LogP contribution in [0.4, 0.5) is 13.2 Å². The van der Waals surface area contributed by atoms with Crippen molar-refractivity contribution >= 4 is 16.7 Å². The summed E-state index contributed by atoms with van der Waals surface area (Å²) >= 11 is 0. The summed E-state index contributed by atoms with van der Waals surface area (Å²) in [7, 11) is 0. The molecule has 6 nitrogen and oxygen atoms in total. The second-order valence-electron chi connectivity index (χ2n) is 6.92. The number of piperidine rings is 1. The van der Waals surface area contributed by atoms with E-state index < -0.39 is 18.0 Å². The molecule has 2 heterocycles. The Hall–Kier alpha value is -3.10. The average Bonchev–Trinajstić information content (AvgIpc) is 3.23. The van der Waals surface area contributed by atoms with Gasteiger partial charge < -0.3 is 14.1 Å². The third kappa shape index (κ3) is 4.33. The van der Waals surface area contributed by atoms with E-state index in [4.69, 9.17) is 9.15 Å². The molecule has 2 aromatic carbocycles. The maximum absolute atomic E-state index is 12.7. The first-order valence-corrected chi connectivity index (χ1v) is 9.20. The Morgan fingerprint density at radius 3 is 2.72 bits per heavy atom. The molecule has 3 aromatic rings. The highest BCUT2D eigenvalue weighted by Gasteiger charge is 2.39. The zero-order chi connectivity index (χ0) is 20.4. The fourth-order valence-corrected chi connectivity index (χ4v) is 3.41. The first kappa shape index (κ1) is 19.2. The Balaban J connectivity index is 1.37. The van der Waals surface area contributed by atoms with Gasteiger partial charge in [0, 0.05) is 13.1 Å². The summed E-state index contributed by atoms with van der Waals surface area (Å²) in [6.45, 7) is 0.582. The maximum atomic E-state index is 12.7. The number of likely N-dealkylation sites (tertiary alicyclic amines) is 1. The van der Waals surface area contributed by atoms with Crippen LogP contribution in [0.25, 0.3) is 10.8 Å². The van der Waals surface area contributed by atoms with E-state index >= 15 is 0 Å². The van der Waals surface area contributed by atoms with Crippen molar-refractivity contribution in [2.24, 2.45) is 0 Å². The Morgan fingerprint density at radius 2 is 1.97 bits per heavy atom. The Bertz CT molecular complexity index is 1020. The van der Waals surface area contributed by atoms with Crippen molar-refractivity contribution in [1.82, 2.24) is 15.1 Å². The van der Waals surface area contributed by atoms with E-state index in [1.54, 1.807) is 11.0 Å². The monoisotopic (exact) mass is 405 g/mol. The van der Waals surface area contributed by atoms with Crippen LogP contribution in [-0.4, -0.2) is 40.7 Å². The number of benzene rings is 2. The molecule has 1 aliphatic heterocycles. The highest BCUT2D eigenvalue weighted by molar-refractivity contribution is 5.84. The van der Waals surface area contributed by atoms with Crippen molar-refractivity contribution < 1.29 is 27.1 Å². The van der Waals surface area contributed by atoms with Gasteiger partial charge in [-0.25, -0.2) is 0 Å². The normalized spacial score (nSPS) is 17.5. The summed E-state index contributed by atoms with van der Waals surface area (Å²) in [5.41, 5.74) is 0. The van der Waals surface area contributed by atoms with Crippen LogP contribution < -0.4 is 4.74 Å². The van der Waals surface area contributed by atoms with Gasteiger partial charge in [0.15, 0.2) is 6.61 Å². The fraction of sp³-hybridized carbons (Fsp3) is 0.350. The van der Waals surface area contributed by atoms with E-state index in [0.717, 1.165) is 10.8 Å². The van der Waals surface area contributed by atoms with Crippen LogP contribution in [0.5, 0.6) is 5.75 Å². The molecule has 1 fully saturated rings. The van der Waals surface area contributed by atoms with Crippen molar-refractivity contribution in [3.63, 3.8) is 0 Å². The van der Waals surface area contributed by atoms with Gasteiger partial charge >= 0.3 is 12.1 Å². The molecule has 1 aliphatic rings. The van der Waals surface area contributed by atoms with E-state index in [-0.39, 0.29) is 24.9 Å². The molecule has 0 bridgehead atoms. The number of rotatable bonds is 4. The molecule has 1 saturated heterocycles. The minimum Gasteiger partial charge on any atom is -0.484 e. The average molecular weight is 405 g/mol. The number of halogens is 3. The zero-order valence-electron chi connectivity index (χ0n) is 15.4. The molecule has 1 unspecified atom stereocenters. The summed E-state index contributed by atoms with van der Waals surface area (Å²) < 4.78 is 48.4. The first-order valence-electron chi connectivity index (χ1n) is 9.20. The van der Waals surface area contributed by atoms with Crippen LogP contribution >= 0.6 is 0 Å². The standard InChI is InChI=1S/C20H18F3N3O3/c21-20(22,23)19-25-24-18(29-19)15-6-3-9-26(11-15)17(27)12-28-16-8-7-13-4-1-2-5-14(13)10-16/h1-2,4-5,7-8,10,15H,3,6,9,11-12H2. The predicted octanol–water partition coefficient (Wildman–Crippen LogP) is 4.03. The molecule has 4 rings (SSSR count). The van der Waals surface area contributed by atoms with Crippen molar-refractivity contribution in [3.8, 4) is 5.75 Å². The SMILES string of the molecule is O=C(COc1ccc2ccccc2c1)N1CCCC(c2nnc(C(F)(F)F)o2)C1. The lowest BCUT2D eigenvalue weighted by Crippen LogP contribution is -2.41. The number of carbonyl (C=O) groups is 1. The van der Waals surface area contributed by atoms with Crippen LogP contribution in [0.2, 0.25) is 0 Å². The summed E-state index contributed by atoms with van der Waals surface area (Å²) in [4.78, 5) is 14.1. The van der Waals surface area contributed by atoms with Crippen LogP contribution in [0.3, 0.4) is 0 Å². The number of aromatic nitrogens is 2. The Kier molecular flexibility index (Phi) is 5.12. The molecular weight excluding hydrogens is 387 g/mol. The molecule has 0 spiro atoms. The lowest BCUT2D eigenvalue weighted by atomic mass is 9.98. The van der Waals surface area contributed by atoms with E-state index in [1.807, 2.05) is 36.4 Å². The summed E-state index contributed by atoms with van der Waals surface area (Å²) in [6, 6.07) is 13.4. The van der Waals surface area contributed by atoms with Gasteiger partial charge in [-0.05, 0) is 35.7 Å². The molecule has 9 heteroatoms. The lowest BCUT2D eigenvalue weighted by molar-refractivity contribution is -0.157. The van der Waals surface area contributed by atoms with Crippen molar-refractivity contribution in [3.05, 3.63) is 54.2 Å². The highest BCUT2D eigenvalue weighted by atomic mass is 19.4. The minimum atomic E-state index is -4.68. The smallest absolute Gasteiger partial charge is 0.470 e. The largest absolute Gasteiger partial charge is 0.484 e. The van der Waals surface area contributed by atoms with E-state index in [9.17, 15) is 18.0 Å². The van der Waals surface area contributed by atoms with E-state index in [1.165, 1.54) is 0 Å². The van der Waals surface area contributed by atoms with Crippen molar-refractivity contribution in [2.75, 3.05) is 19.7 Å². The zero-order valence-corrected chi connectivity index (χ0v) is 15.4. The van der Waals surface area contributed by atoms with Gasteiger partial charge in [-0.3, -0.25) is 4.79 Å². The topological polar surface area (TPSA) is 68.5 Å². The molecular formula is C20H18F3N3O3. The molecule has 0 N–H and O–H groups in total. The van der Waals surface area contributed by atoms with Crippen LogP contribution in [0.1, 0.15) is 30.5 Å². The van der Waals surface area contributed by atoms with Gasteiger partial charge in [-0.1, -0.05) is 30.3 Å². The van der Waals surface area contributed by atoms with Gasteiger partial charge in [0.2, 0.25) is 5.89 Å². The molecule has 0 aliphatic carbocycles. The predicted molar refractivity (Wildman–Crippen MR) is 97.3 cm³/mol. The van der Waals surface area contributed by atoms with E-state index in [2.05, 4.69) is 10.2 Å². The van der Waals surface area contributed by atoms with Crippen molar-refractivity contribution in [2.45, 2.75) is 24.9 Å².